The van der Waals surface area contributed by atoms with Crippen molar-refractivity contribution in [2.24, 2.45) is 33.5 Å². The van der Waals surface area contributed by atoms with E-state index in [1.807, 2.05) is 27.7 Å². The van der Waals surface area contributed by atoms with E-state index in [0.29, 0.717) is 25.7 Å². The minimum Gasteiger partial charge on any atom is -0.387 e. The number of carbonyl (C=O) groups is 2. The van der Waals surface area contributed by atoms with Gasteiger partial charge in [-0.1, -0.05) is 27.7 Å². The molecule has 0 amide bonds. The number of rotatable bonds is 8. The molecular formula is C27H38O12S2. The molecule has 8 rings (SSSR count). The molecule has 3 saturated heterocycles. The van der Waals surface area contributed by atoms with E-state index in [1.165, 1.54) is 0 Å². The van der Waals surface area contributed by atoms with Crippen LogP contribution in [0.2, 0.25) is 0 Å². The molecule has 0 aromatic carbocycles. The zero-order chi connectivity index (χ0) is 29.5. The lowest BCUT2D eigenvalue weighted by molar-refractivity contribution is -0.476. The Bertz CT molecular complexity index is 1300. The van der Waals surface area contributed by atoms with Gasteiger partial charge in [0.2, 0.25) is 0 Å². The zero-order valence-corrected chi connectivity index (χ0v) is 25.2. The van der Waals surface area contributed by atoms with Gasteiger partial charge in [-0.25, -0.2) is 0 Å². The molecule has 5 aliphatic carbocycles. The highest BCUT2D eigenvalue weighted by Gasteiger charge is 2.69. The maximum atomic E-state index is 13.5. The van der Waals surface area contributed by atoms with Crippen molar-refractivity contribution in [2.45, 2.75) is 109 Å². The highest BCUT2D eigenvalue weighted by atomic mass is 32.2. The minimum absolute atomic E-state index is 0.0952. The second-order valence-electron chi connectivity index (χ2n) is 14.4. The lowest BCUT2D eigenvalue weighted by Crippen LogP contribution is -2.76. The number of hydrogen-bond donors (Lipinski definition) is 1. The van der Waals surface area contributed by atoms with Crippen LogP contribution in [-0.2, 0) is 52.4 Å². The number of fused-ring (bicyclic) bond motifs is 4. The molecule has 0 radical (unpaired) electrons. The topological polar surface area (TPSA) is 169 Å². The average Bonchev–Trinajstić information content (AvgIpc) is 3.38. The van der Waals surface area contributed by atoms with Crippen LogP contribution in [0.15, 0.2) is 0 Å². The van der Waals surface area contributed by atoms with Gasteiger partial charge >= 0.3 is 0 Å². The molecule has 14 heteroatoms. The van der Waals surface area contributed by atoms with E-state index in [-0.39, 0.29) is 23.4 Å². The van der Waals surface area contributed by atoms with Crippen LogP contribution in [0.5, 0.6) is 0 Å². The van der Waals surface area contributed by atoms with Crippen LogP contribution in [-0.4, -0.2) is 88.1 Å². The van der Waals surface area contributed by atoms with Crippen LogP contribution in [0, 0.1) is 33.5 Å². The molecular weight excluding hydrogens is 580 g/mol. The van der Waals surface area contributed by atoms with E-state index in [0.717, 1.165) is 12.8 Å². The maximum Gasteiger partial charge on any atom is 0.272 e. The molecule has 3 aliphatic heterocycles. The van der Waals surface area contributed by atoms with Gasteiger partial charge in [0.05, 0.1) is 22.3 Å². The summed E-state index contributed by atoms with van der Waals surface area (Å²) in [4.78, 5) is 26.0. The first-order valence-corrected chi connectivity index (χ1v) is 17.6. The third-order valence-corrected chi connectivity index (χ3v) is 15.1. The van der Waals surface area contributed by atoms with Crippen molar-refractivity contribution >= 4 is 31.8 Å². The van der Waals surface area contributed by atoms with Gasteiger partial charge in [-0.2, -0.15) is 16.8 Å². The van der Waals surface area contributed by atoms with E-state index >= 15 is 0 Å². The number of Topliss-reactive ketones (excluding diaryl/α,β-unsaturated/α-hetero) is 2. The number of ether oxygens (including phenoxy) is 3. The third-order valence-electron chi connectivity index (χ3n) is 12.4. The van der Waals surface area contributed by atoms with Gasteiger partial charge in [0.15, 0.2) is 0 Å². The Morgan fingerprint density at radius 3 is 1.46 bits per heavy atom. The van der Waals surface area contributed by atoms with Gasteiger partial charge in [-0.15, -0.1) is 0 Å². The summed E-state index contributed by atoms with van der Waals surface area (Å²) in [6.07, 6.45) is -4.89. The second-order valence-corrected chi connectivity index (χ2v) is 17.6. The van der Waals surface area contributed by atoms with E-state index in [4.69, 9.17) is 22.6 Å². The Balaban J connectivity index is 1.14. The molecule has 3 heterocycles. The van der Waals surface area contributed by atoms with Crippen LogP contribution in [0.4, 0.5) is 0 Å². The highest BCUT2D eigenvalue weighted by Crippen LogP contribution is 2.65. The maximum absolute atomic E-state index is 13.5. The number of aliphatic hydroxyl groups excluding tert-OH is 1. The summed E-state index contributed by atoms with van der Waals surface area (Å²) < 4.78 is 82.2. The first-order valence-electron chi connectivity index (χ1n) is 14.5. The Kier molecular flexibility index (Phi) is 6.02. The number of ketones is 2. The van der Waals surface area contributed by atoms with Crippen molar-refractivity contribution < 1.29 is 54.1 Å². The van der Waals surface area contributed by atoms with Gasteiger partial charge in [-0.3, -0.25) is 18.0 Å². The van der Waals surface area contributed by atoms with Gasteiger partial charge in [0.25, 0.3) is 26.7 Å². The molecule has 11 atom stereocenters. The molecule has 8 bridgehead atoms. The summed E-state index contributed by atoms with van der Waals surface area (Å²) in [6, 6.07) is 0. The fourth-order valence-electron chi connectivity index (χ4n) is 9.53. The Morgan fingerprint density at radius 1 is 0.732 bits per heavy atom. The summed E-state index contributed by atoms with van der Waals surface area (Å²) in [5.74, 6) is -1.04. The van der Waals surface area contributed by atoms with E-state index in [1.54, 1.807) is 0 Å². The molecule has 8 fully saturated rings. The van der Waals surface area contributed by atoms with E-state index in [9.17, 15) is 31.5 Å². The summed E-state index contributed by atoms with van der Waals surface area (Å²) >= 11 is 0. The molecule has 12 nitrogen and oxygen atoms in total. The van der Waals surface area contributed by atoms with Crippen molar-refractivity contribution in [3.63, 3.8) is 0 Å². The van der Waals surface area contributed by atoms with Crippen LogP contribution < -0.4 is 0 Å². The Hall–Kier alpha value is -1.00. The van der Waals surface area contributed by atoms with Crippen molar-refractivity contribution in [2.75, 3.05) is 11.5 Å². The smallest absolute Gasteiger partial charge is 0.272 e. The summed E-state index contributed by atoms with van der Waals surface area (Å²) in [7, 11) is -8.76. The number of carbonyl (C=O) groups excluding carboxylic acids is 2. The molecule has 0 spiro atoms. The predicted molar refractivity (Wildman–Crippen MR) is 139 cm³/mol. The lowest BCUT2D eigenvalue weighted by atomic mass is 9.70. The standard InChI is InChI=1S/C27H38O12S2/c1-24(2)13-5-7-26(24,15(28)9-13)11-40(31,32)38-21-18-17(30)19-22(20(21)37-23(35-18)36-19)39-41(33,34)12-27-8-6-14(10-16(27)29)25(27,3)4/h13-14,17-23,30H,5-12H2,1-4H3/t13-,14-,17?,18-,19+,20?,21+,22-,23?,26-,27-/m1/s1. The van der Waals surface area contributed by atoms with Crippen molar-refractivity contribution in [1.82, 2.24) is 0 Å². The Labute approximate surface area is 240 Å². The fourth-order valence-corrected chi connectivity index (χ4v) is 13.3. The zero-order valence-electron chi connectivity index (χ0n) is 23.6. The lowest BCUT2D eigenvalue weighted by Gasteiger charge is -2.57. The third kappa shape index (κ3) is 3.77. The van der Waals surface area contributed by atoms with Crippen LogP contribution in [0.3, 0.4) is 0 Å². The van der Waals surface area contributed by atoms with Crippen LogP contribution in [0.1, 0.15) is 66.2 Å². The molecule has 5 saturated carbocycles. The van der Waals surface area contributed by atoms with Crippen LogP contribution in [0.25, 0.3) is 0 Å². The summed E-state index contributed by atoms with van der Waals surface area (Å²) in [5, 5.41) is 11.0. The van der Waals surface area contributed by atoms with Crippen LogP contribution >= 0.6 is 0 Å². The molecule has 3 unspecified atom stereocenters. The van der Waals surface area contributed by atoms with Gasteiger partial charge < -0.3 is 19.3 Å². The van der Waals surface area contributed by atoms with Crippen molar-refractivity contribution in [1.29, 1.82) is 0 Å². The second kappa shape index (κ2) is 8.58. The van der Waals surface area contributed by atoms with Crippen molar-refractivity contribution in [3.05, 3.63) is 0 Å². The first-order chi connectivity index (χ1) is 18.9. The highest BCUT2D eigenvalue weighted by molar-refractivity contribution is 7.87. The van der Waals surface area contributed by atoms with Gasteiger partial charge in [0, 0.05) is 12.8 Å². The molecule has 0 aromatic rings. The van der Waals surface area contributed by atoms with E-state index < -0.39 is 96.5 Å². The predicted octanol–water partition coefficient (Wildman–Crippen LogP) is 1.05. The first kappa shape index (κ1) is 28.8. The molecule has 41 heavy (non-hydrogen) atoms. The molecule has 1 N–H and O–H groups in total. The SMILES string of the molecule is CC1(C)[C@@H]2CC[C@@]1(CS(=O)(=O)O[C@@H]1C3OC4O[C@@H]1C(O)[C@H](O4)[C@H]3OS(=O)(=O)C[C@]13CC[C@H](CC1=O)C3(C)C)C(=O)C2. The molecule has 0 aromatic heterocycles. The van der Waals surface area contributed by atoms with Gasteiger partial charge in [0.1, 0.15) is 48.2 Å². The number of aliphatic hydroxyl groups is 1. The van der Waals surface area contributed by atoms with Gasteiger partial charge in [-0.05, 0) is 48.3 Å². The summed E-state index contributed by atoms with van der Waals surface area (Å²) in [6.45, 7) is 6.41. The van der Waals surface area contributed by atoms with Crippen molar-refractivity contribution in [3.8, 4) is 0 Å². The monoisotopic (exact) mass is 618 g/mol. The fraction of sp³-hybridized carbons (Fsp3) is 0.926. The minimum atomic E-state index is -4.38. The average molecular weight is 619 g/mol. The number of hydrogen-bond acceptors (Lipinski definition) is 12. The largest absolute Gasteiger partial charge is 0.387 e. The van der Waals surface area contributed by atoms with E-state index in [2.05, 4.69) is 0 Å². The summed E-state index contributed by atoms with van der Waals surface area (Å²) in [5.41, 5.74) is -3.20. The molecule has 8 aliphatic rings. The molecule has 230 valence electrons. The Morgan fingerprint density at radius 2 is 1.12 bits per heavy atom. The quantitative estimate of drug-likeness (QED) is 0.384. The normalized spacial score (nSPS) is 49.0.